The molecule has 2 rings (SSSR count). The van der Waals surface area contributed by atoms with E-state index in [1.807, 2.05) is 26.1 Å². The molecule has 21 heavy (non-hydrogen) atoms. The predicted octanol–water partition coefficient (Wildman–Crippen LogP) is 1.31. The molecule has 1 aliphatic rings. The summed E-state index contributed by atoms with van der Waals surface area (Å²) in [6.45, 7) is 6.66. The summed E-state index contributed by atoms with van der Waals surface area (Å²) in [6, 6.07) is 6.96. The van der Waals surface area contributed by atoms with Crippen LogP contribution in [0.3, 0.4) is 0 Å². The molecule has 0 aliphatic carbocycles. The summed E-state index contributed by atoms with van der Waals surface area (Å²) in [6.07, 6.45) is 0.902. The molecule has 0 saturated carbocycles. The van der Waals surface area contributed by atoms with Gasteiger partial charge in [0, 0.05) is 38.3 Å². The summed E-state index contributed by atoms with van der Waals surface area (Å²) < 4.78 is 13.8. The minimum absolute atomic E-state index is 0.138. The Morgan fingerprint density at radius 3 is 2.48 bits per heavy atom. The molecule has 1 heterocycles. The molecule has 1 atom stereocenters. The lowest BCUT2D eigenvalue weighted by Gasteiger charge is -2.38. The van der Waals surface area contributed by atoms with Gasteiger partial charge in [0.05, 0.1) is 12.3 Å². The van der Waals surface area contributed by atoms with Gasteiger partial charge in [-0.25, -0.2) is 4.39 Å². The normalized spacial score (nSPS) is 19.5. The molecular weight excluding hydrogens is 269 g/mol. The SMILES string of the molecule is CNC(C)(CO)CCN1CCN(c2ccccc2F)CC1. The Bertz CT molecular complexity index is 443. The third-order valence-electron chi connectivity index (χ3n) is 4.50. The minimum Gasteiger partial charge on any atom is -0.394 e. The van der Waals surface area contributed by atoms with Gasteiger partial charge in [0.15, 0.2) is 0 Å². The zero-order valence-corrected chi connectivity index (χ0v) is 13.0. The van der Waals surface area contributed by atoms with E-state index in [-0.39, 0.29) is 18.0 Å². The van der Waals surface area contributed by atoms with Crippen molar-refractivity contribution in [1.29, 1.82) is 0 Å². The highest BCUT2D eigenvalue weighted by Crippen LogP contribution is 2.20. The van der Waals surface area contributed by atoms with Crippen molar-refractivity contribution in [2.75, 3.05) is 51.3 Å². The van der Waals surface area contributed by atoms with Gasteiger partial charge in [-0.2, -0.15) is 0 Å². The molecule has 1 unspecified atom stereocenters. The van der Waals surface area contributed by atoms with Gasteiger partial charge in [-0.1, -0.05) is 12.1 Å². The second kappa shape index (κ2) is 7.20. The number of aliphatic hydroxyl groups excluding tert-OH is 1. The van der Waals surface area contributed by atoms with Gasteiger partial charge < -0.3 is 15.3 Å². The fourth-order valence-corrected chi connectivity index (χ4v) is 2.61. The molecule has 0 radical (unpaired) electrons. The molecule has 1 aromatic rings. The van der Waals surface area contributed by atoms with E-state index in [4.69, 9.17) is 0 Å². The Labute approximate surface area is 126 Å². The van der Waals surface area contributed by atoms with Crippen LogP contribution in [0.2, 0.25) is 0 Å². The second-order valence-electron chi connectivity index (χ2n) is 6.00. The highest BCUT2D eigenvalue weighted by atomic mass is 19.1. The number of piperazine rings is 1. The van der Waals surface area contributed by atoms with Gasteiger partial charge in [-0.3, -0.25) is 4.90 Å². The lowest BCUT2D eigenvalue weighted by molar-refractivity contribution is 0.149. The Kier molecular flexibility index (Phi) is 5.56. The number of nitrogens with zero attached hydrogens (tertiary/aromatic N) is 2. The summed E-state index contributed by atoms with van der Waals surface area (Å²) in [7, 11) is 1.88. The lowest BCUT2D eigenvalue weighted by Crippen LogP contribution is -2.50. The topological polar surface area (TPSA) is 38.7 Å². The van der Waals surface area contributed by atoms with Gasteiger partial charge >= 0.3 is 0 Å². The number of rotatable bonds is 6. The molecular formula is C16H26FN3O. The molecule has 0 bridgehead atoms. The van der Waals surface area contributed by atoms with Crippen molar-refractivity contribution in [2.45, 2.75) is 18.9 Å². The van der Waals surface area contributed by atoms with E-state index in [1.54, 1.807) is 6.07 Å². The molecule has 0 aromatic heterocycles. The number of benzene rings is 1. The summed E-state index contributed by atoms with van der Waals surface area (Å²) >= 11 is 0. The van der Waals surface area contributed by atoms with Gasteiger partial charge in [-0.15, -0.1) is 0 Å². The van der Waals surface area contributed by atoms with Crippen molar-refractivity contribution in [3.8, 4) is 0 Å². The maximum atomic E-state index is 13.8. The monoisotopic (exact) mass is 295 g/mol. The zero-order valence-electron chi connectivity index (χ0n) is 13.0. The van der Waals surface area contributed by atoms with Crippen molar-refractivity contribution < 1.29 is 9.50 Å². The van der Waals surface area contributed by atoms with Crippen LogP contribution in [0.4, 0.5) is 10.1 Å². The Balaban J connectivity index is 1.82. The zero-order chi connectivity index (χ0) is 15.3. The highest BCUT2D eigenvalue weighted by Gasteiger charge is 2.24. The van der Waals surface area contributed by atoms with Gasteiger partial charge in [0.2, 0.25) is 0 Å². The smallest absolute Gasteiger partial charge is 0.146 e. The van der Waals surface area contributed by atoms with Crippen LogP contribution in [0, 0.1) is 5.82 Å². The first-order valence-electron chi connectivity index (χ1n) is 7.59. The van der Waals surface area contributed by atoms with Crippen LogP contribution in [-0.2, 0) is 0 Å². The van der Waals surface area contributed by atoms with E-state index in [9.17, 15) is 9.50 Å². The number of halogens is 1. The van der Waals surface area contributed by atoms with Crippen molar-refractivity contribution >= 4 is 5.69 Å². The lowest BCUT2D eigenvalue weighted by atomic mass is 9.99. The Morgan fingerprint density at radius 1 is 1.24 bits per heavy atom. The third kappa shape index (κ3) is 4.15. The van der Waals surface area contributed by atoms with Crippen molar-refractivity contribution in [1.82, 2.24) is 10.2 Å². The number of hydrogen-bond donors (Lipinski definition) is 2. The largest absolute Gasteiger partial charge is 0.394 e. The van der Waals surface area contributed by atoms with Crippen LogP contribution >= 0.6 is 0 Å². The quantitative estimate of drug-likeness (QED) is 0.830. The van der Waals surface area contributed by atoms with Crippen LogP contribution in [0.1, 0.15) is 13.3 Å². The van der Waals surface area contributed by atoms with Crippen molar-refractivity contribution in [3.05, 3.63) is 30.1 Å². The fourth-order valence-electron chi connectivity index (χ4n) is 2.61. The molecule has 2 N–H and O–H groups in total. The fraction of sp³-hybridized carbons (Fsp3) is 0.625. The van der Waals surface area contributed by atoms with Crippen LogP contribution in [0.5, 0.6) is 0 Å². The molecule has 1 saturated heterocycles. The molecule has 1 aliphatic heterocycles. The molecule has 4 nitrogen and oxygen atoms in total. The number of aliphatic hydroxyl groups is 1. The molecule has 1 fully saturated rings. The van der Waals surface area contributed by atoms with Gasteiger partial charge in [0.1, 0.15) is 5.82 Å². The summed E-state index contributed by atoms with van der Waals surface area (Å²) in [5, 5.41) is 12.6. The average Bonchev–Trinajstić information content (AvgIpc) is 2.54. The van der Waals surface area contributed by atoms with Crippen LogP contribution in [0.25, 0.3) is 0 Å². The molecule has 0 amide bonds. The third-order valence-corrected chi connectivity index (χ3v) is 4.50. The molecule has 118 valence electrons. The molecule has 1 aromatic carbocycles. The summed E-state index contributed by atoms with van der Waals surface area (Å²) in [5.41, 5.74) is 0.482. The first-order valence-corrected chi connectivity index (χ1v) is 7.59. The molecule has 5 heteroatoms. The van der Waals surface area contributed by atoms with Crippen LogP contribution in [-0.4, -0.2) is 61.9 Å². The number of nitrogens with one attached hydrogen (secondary N) is 1. The van der Waals surface area contributed by atoms with Gasteiger partial charge in [0.25, 0.3) is 0 Å². The highest BCUT2D eigenvalue weighted by molar-refractivity contribution is 5.47. The number of likely N-dealkylation sites (N-methyl/N-ethyl adjacent to an activating group) is 1. The number of para-hydroxylation sites is 1. The first-order chi connectivity index (χ1) is 10.1. The van der Waals surface area contributed by atoms with E-state index < -0.39 is 0 Å². The minimum atomic E-state index is -0.220. The summed E-state index contributed by atoms with van der Waals surface area (Å²) in [5.74, 6) is -0.144. The van der Waals surface area contributed by atoms with Gasteiger partial charge in [-0.05, 0) is 32.5 Å². The molecule has 0 spiro atoms. The summed E-state index contributed by atoms with van der Waals surface area (Å²) in [4.78, 5) is 4.48. The standard InChI is InChI=1S/C16H26FN3O/c1-16(13-21,18-2)7-8-19-9-11-20(12-10-19)15-6-4-3-5-14(15)17/h3-6,18,21H,7-13H2,1-2H3. The van der Waals surface area contributed by atoms with E-state index in [0.29, 0.717) is 5.69 Å². The Morgan fingerprint density at radius 2 is 1.90 bits per heavy atom. The van der Waals surface area contributed by atoms with Crippen LogP contribution < -0.4 is 10.2 Å². The number of hydrogen-bond acceptors (Lipinski definition) is 4. The van der Waals surface area contributed by atoms with E-state index in [0.717, 1.165) is 39.1 Å². The van der Waals surface area contributed by atoms with Crippen molar-refractivity contribution in [3.63, 3.8) is 0 Å². The predicted molar refractivity (Wildman–Crippen MR) is 84.2 cm³/mol. The van der Waals surface area contributed by atoms with E-state index in [2.05, 4.69) is 15.1 Å². The average molecular weight is 295 g/mol. The van der Waals surface area contributed by atoms with Crippen LogP contribution in [0.15, 0.2) is 24.3 Å². The Hall–Kier alpha value is -1.17. The maximum Gasteiger partial charge on any atom is 0.146 e. The van der Waals surface area contributed by atoms with Crippen molar-refractivity contribution in [2.24, 2.45) is 0 Å². The van der Waals surface area contributed by atoms with E-state index in [1.165, 1.54) is 6.07 Å². The number of anilines is 1. The van der Waals surface area contributed by atoms with E-state index >= 15 is 0 Å². The first kappa shape index (κ1) is 16.2. The maximum absolute atomic E-state index is 13.8. The second-order valence-corrected chi connectivity index (χ2v) is 6.00.